The van der Waals surface area contributed by atoms with Crippen LogP contribution in [0.25, 0.3) is 0 Å². The molecule has 1 aromatic carbocycles. The third-order valence-electron chi connectivity index (χ3n) is 4.24. The summed E-state index contributed by atoms with van der Waals surface area (Å²) < 4.78 is 39.7. The van der Waals surface area contributed by atoms with E-state index in [4.69, 9.17) is 0 Å². The topological polar surface area (TPSA) is 60.9 Å². The number of amides is 1. The van der Waals surface area contributed by atoms with E-state index in [0.29, 0.717) is 45.8 Å². The van der Waals surface area contributed by atoms with E-state index >= 15 is 0 Å². The molecule has 0 unspecified atom stereocenters. The maximum Gasteiger partial charge on any atom is 0.243 e. The van der Waals surface area contributed by atoms with Crippen molar-refractivity contribution in [3.05, 3.63) is 30.1 Å². The minimum Gasteiger partial charge on any atom is -0.342 e. The molecule has 0 bridgehead atoms. The zero-order chi connectivity index (χ0) is 17.7. The first-order valence-electron chi connectivity index (χ1n) is 8.14. The summed E-state index contributed by atoms with van der Waals surface area (Å²) >= 11 is 0. The number of rotatable bonds is 6. The van der Waals surface area contributed by atoms with Crippen molar-refractivity contribution in [3.63, 3.8) is 0 Å². The monoisotopic (exact) mass is 357 g/mol. The SMILES string of the molecule is CCN(CC)C(=O)CN1CCN(S(=O)(=O)c2cccc(F)c2)CC1. The Morgan fingerprint density at radius 1 is 1.17 bits per heavy atom. The van der Waals surface area contributed by atoms with Crippen molar-refractivity contribution in [1.29, 1.82) is 0 Å². The second-order valence-corrected chi connectivity index (χ2v) is 7.64. The molecule has 0 aliphatic carbocycles. The Hall–Kier alpha value is -1.51. The molecule has 134 valence electrons. The highest BCUT2D eigenvalue weighted by Gasteiger charge is 2.29. The van der Waals surface area contributed by atoms with Gasteiger partial charge in [0, 0.05) is 39.3 Å². The summed E-state index contributed by atoms with van der Waals surface area (Å²) in [5, 5.41) is 0. The van der Waals surface area contributed by atoms with E-state index in [1.165, 1.54) is 22.5 Å². The number of nitrogens with zero attached hydrogens (tertiary/aromatic N) is 3. The van der Waals surface area contributed by atoms with Gasteiger partial charge in [0.15, 0.2) is 0 Å². The first-order chi connectivity index (χ1) is 11.4. The molecular weight excluding hydrogens is 333 g/mol. The standard InChI is InChI=1S/C16H24FN3O3S/c1-3-19(4-2)16(21)13-18-8-10-20(11-9-18)24(22,23)15-7-5-6-14(17)12-15/h5-7,12H,3-4,8-11,13H2,1-2H3. The van der Waals surface area contributed by atoms with Gasteiger partial charge in [-0.3, -0.25) is 9.69 Å². The van der Waals surface area contributed by atoms with Crippen molar-refractivity contribution >= 4 is 15.9 Å². The van der Waals surface area contributed by atoms with Crippen LogP contribution in [0.4, 0.5) is 4.39 Å². The van der Waals surface area contributed by atoms with Crippen LogP contribution in [-0.4, -0.2) is 74.2 Å². The van der Waals surface area contributed by atoms with Crippen molar-refractivity contribution in [2.45, 2.75) is 18.7 Å². The third kappa shape index (κ3) is 4.31. The second kappa shape index (κ2) is 8.04. The fourth-order valence-corrected chi connectivity index (χ4v) is 4.23. The number of hydrogen-bond donors (Lipinski definition) is 0. The van der Waals surface area contributed by atoms with Crippen LogP contribution in [0.3, 0.4) is 0 Å². The van der Waals surface area contributed by atoms with E-state index in [9.17, 15) is 17.6 Å². The number of piperazine rings is 1. The molecule has 1 aliphatic heterocycles. The lowest BCUT2D eigenvalue weighted by atomic mass is 10.3. The Labute approximate surface area is 142 Å². The van der Waals surface area contributed by atoms with Crippen LogP contribution >= 0.6 is 0 Å². The summed E-state index contributed by atoms with van der Waals surface area (Å²) in [6.45, 7) is 7.08. The molecule has 2 rings (SSSR count). The van der Waals surface area contributed by atoms with Gasteiger partial charge in [0.1, 0.15) is 5.82 Å². The van der Waals surface area contributed by atoms with Crippen molar-refractivity contribution in [3.8, 4) is 0 Å². The van der Waals surface area contributed by atoms with Crippen LogP contribution in [0.5, 0.6) is 0 Å². The molecule has 0 radical (unpaired) electrons. The normalized spacial score (nSPS) is 17.0. The molecule has 0 atom stereocenters. The average molecular weight is 357 g/mol. The molecule has 1 heterocycles. The molecule has 1 amide bonds. The largest absolute Gasteiger partial charge is 0.342 e. The van der Waals surface area contributed by atoms with Crippen molar-refractivity contribution in [2.75, 3.05) is 45.8 Å². The Kier molecular flexibility index (Phi) is 6.31. The predicted molar refractivity (Wildman–Crippen MR) is 89.5 cm³/mol. The molecule has 0 N–H and O–H groups in total. The van der Waals surface area contributed by atoms with Crippen LogP contribution in [0, 0.1) is 5.82 Å². The van der Waals surface area contributed by atoms with Crippen molar-refractivity contribution in [2.24, 2.45) is 0 Å². The first kappa shape index (κ1) is 18.8. The number of carbonyl (C=O) groups is 1. The predicted octanol–water partition coefficient (Wildman–Crippen LogP) is 1.00. The fraction of sp³-hybridized carbons (Fsp3) is 0.562. The Balaban J connectivity index is 1.96. The molecule has 1 aromatic rings. The number of likely N-dealkylation sites (N-methyl/N-ethyl adjacent to an activating group) is 1. The Morgan fingerprint density at radius 3 is 2.33 bits per heavy atom. The van der Waals surface area contributed by atoms with Crippen molar-refractivity contribution < 1.29 is 17.6 Å². The van der Waals surface area contributed by atoms with Crippen LogP contribution in [0.1, 0.15) is 13.8 Å². The fourth-order valence-electron chi connectivity index (χ4n) is 2.77. The zero-order valence-electron chi connectivity index (χ0n) is 14.1. The van der Waals surface area contributed by atoms with E-state index in [-0.39, 0.29) is 10.8 Å². The molecule has 24 heavy (non-hydrogen) atoms. The highest BCUT2D eigenvalue weighted by molar-refractivity contribution is 7.89. The van der Waals surface area contributed by atoms with Gasteiger partial charge in [-0.05, 0) is 32.0 Å². The van der Waals surface area contributed by atoms with Gasteiger partial charge in [-0.25, -0.2) is 12.8 Å². The number of carbonyl (C=O) groups excluding carboxylic acids is 1. The number of sulfonamides is 1. The summed E-state index contributed by atoms with van der Waals surface area (Å²) in [6, 6.07) is 5.04. The van der Waals surface area contributed by atoms with Crippen LogP contribution < -0.4 is 0 Å². The number of benzene rings is 1. The lowest BCUT2D eigenvalue weighted by Gasteiger charge is -2.34. The average Bonchev–Trinajstić information content (AvgIpc) is 2.56. The highest BCUT2D eigenvalue weighted by Crippen LogP contribution is 2.18. The summed E-state index contributed by atoms with van der Waals surface area (Å²) in [6.07, 6.45) is 0. The minimum atomic E-state index is -3.69. The number of halogens is 1. The van der Waals surface area contributed by atoms with E-state index in [1.54, 1.807) is 4.90 Å². The molecule has 8 heteroatoms. The molecule has 6 nitrogen and oxygen atoms in total. The highest BCUT2D eigenvalue weighted by atomic mass is 32.2. The van der Waals surface area contributed by atoms with Crippen LogP contribution in [0.15, 0.2) is 29.2 Å². The lowest BCUT2D eigenvalue weighted by molar-refractivity contribution is -0.132. The van der Waals surface area contributed by atoms with Gasteiger partial charge >= 0.3 is 0 Å². The molecule has 0 spiro atoms. The summed E-state index contributed by atoms with van der Waals surface area (Å²) in [5.41, 5.74) is 0. The molecule has 0 saturated carbocycles. The van der Waals surface area contributed by atoms with E-state index in [2.05, 4.69) is 0 Å². The Bertz CT molecular complexity index is 669. The molecule has 0 aromatic heterocycles. The summed E-state index contributed by atoms with van der Waals surface area (Å²) in [5.74, 6) is -0.513. The first-order valence-corrected chi connectivity index (χ1v) is 9.58. The molecular formula is C16H24FN3O3S. The van der Waals surface area contributed by atoms with Crippen LogP contribution in [0.2, 0.25) is 0 Å². The molecule has 1 saturated heterocycles. The summed E-state index contributed by atoms with van der Waals surface area (Å²) in [7, 11) is -3.69. The van der Waals surface area contributed by atoms with Crippen molar-refractivity contribution in [1.82, 2.24) is 14.1 Å². The van der Waals surface area contributed by atoms with E-state index in [0.717, 1.165) is 6.07 Å². The quantitative estimate of drug-likeness (QED) is 0.762. The van der Waals surface area contributed by atoms with Gasteiger partial charge in [-0.1, -0.05) is 6.07 Å². The molecule has 1 aliphatic rings. The number of hydrogen-bond acceptors (Lipinski definition) is 4. The smallest absolute Gasteiger partial charge is 0.243 e. The van der Waals surface area contributed by atoms with Gasteiger partial charge in [0.25, 0.3) is 0 Å². The second-order valence-electron chi connectivity index (χ2n) is 5.70. The van der Waals surface area contributed by atoms with Gasteiger partial charge in [-0.2, -0.15) is 4.31 Å². The van der Waals surface area contributed by atoms with Crippen LogP contribution in [-0.2, 0) is 14.8 Å². The maximum atomic E-state index is 13.3. The maximum absolute atomic E-state index is 13.3. The third-order valence-corrected chi connectivity index (χ3v) is 6.13. The lowest BCUT2D eigenvalue weighted by Crippen LogP contribution is -2.51. The Morgan fingerprint density at radius 2 is 1.79 bits per heavy atom. The van der Waals surface area contributed by atoms with Gasteiger partial charge in [0.05, 0.1) is 11.4 Å². The molecule has 1 fully saturated rings. The van der Waals surface area contributed by atoms with E-state index < -0.39 is 15.8 Å². The van der Waals surface area contributed by atoms with Gasteiger partial charge < -0.3 is 4.90 Å². The minimum absolute atomic E-state index is 0.0323. The van der Waals surface area contributed by atoms with E-state index in [1.807, 2.05) is 18.7 Å². The zero-order valence-corrected chi connectivity index (χ0v) is 14.9. The van der Waals surface area contributed by atoms with Gasteiger partial charge in [0.2, 0.25) is 15.9 Å². The van der Waals surface area contributed by atoms with Gasteiger partial charge in [-0.15, -0.1) is 0 Å². The summed E-state index contributed by atoms with van der Waals surface area (Å²) in [4.78, 5) is 15.8.